The molecule has 0 aliphatic carbocycles. The lowest BCUT2D eigenvalue weighted by atomic mass is 9.98. The van der Waals surface area contributed by atoms with Crippen LogP contribution in [0.1, 0.15) is 45.4 Å². The van der Waals surface area contributed by atoms with E-state index >= 15 is 0 Å². The first-order valence-corrected chi connectivity index (χ1v) is 13.1. The van der Waals surface area contributed by atoms with Gasteiger partial charge in [0.15, 0.2) is 5.82 Å². The lowest BCUT2D eigenvalue weighted by Crippen LogP contribution is -2.46. The fraction of sp³-hybridized carbons (Fsp3) is 0.593. The number of hydrogen-bond donors (Lipinski definition) is 2. The minimum atomic E-state index is -0.210. The second-order valence-electron chi connectivity index (χ2n) is 10.6. The molecule has 4 heterocycles. The van der Waals surface area contributed by atoms with Crippen LogP contribution >= 0.6 is 0 Å². The summed E-state index contributed by atoms with van der Waals surface area (Å²) in [6.07, 6.45) is 1.97. The number of amides is 2. The summed E-state index contributed by atoms with van der Waals surface area (Å²) < 4.78 is 11.8. The highest BCUT2D eigenvalue weighted by Gasteiger charge is 2.38. The molecule has 2 fully saturated rings. The van der Waals surface area contributed by atoms with E-state index in [9.17, 15) is 4.79 Å². The predicted octanol–water partition coefficient (Wildman–Crippen LogP) is 3.44. The zero-order valence-corrected chi connectivity index (χ0v) is 21.8. The fourth-order valence-corrected chi connectivity index (χ4v) is 5.43. The van der Waals surface area contributed by atoms with Crippen molar-refractivity contribution in [3.8, 4) is 11.4 Å². The number of nitrogens with one attached hydrogen (secondary N) is 2. The maximum atomic E-state index is 11.9. The molecule has 1 aromatic carbocycles. The summed E-state index contributed by atoms with van der Waals surface area (Å²) in [5.74, 6) is 1.76. The molecule has 194 valence electrons. The number of carbonyl (C=O) groups excluding carboxylic acids is 1. The Hall–Kier alpha value is -2.75. The number of anilines is 2. The molecule has 2 aromatic rings. The van der Waals surface area contributed by atoms with Crippen LogP contribution in [-0.4, -0.2) is 78.0 Å². The van der Waals surface area contributed by atoms with E-state index in [1.807, 2.05) is 31.2 Å². The quantitative estimate of drug-likeness (QED) is 0.658. The number of rotatable bonds is 5. The lowest BCUT2D eigenvalue weighted by Gasteiger charge is -2.38. The molecule has 0 saturated carbocycles. The Kier molecular flexibility index (Phi) is 7.14. The van der Waals surface area contributed by atoms with Gasteiger partial charge in [-0.2, -0.15) is 0 Å². The van der Waals surface area contributed by atoms with E-state index in [0.29, 0.717) is 25.8 Å². The normalized spacial score (nSPS) is 23.8. The molecule has 2 atom stereocenters. The summed E-state index contributed by atoms with van der Waals surface area (Å²) in [7, 11) is 0. The molecule has 9 heteroatoms. The van der Waals surface area contributed by atoms with Crippen molar-refractivity contribution in [1.82, 2.24) is 20.2 Å². The van der Waals surface area contributed by atoms with E-state index in [2.05, 4.69) is 41.2 Å². The molecule has 0 unspecified atom stereocenters. The van der Waals surface area contributed by atoms with E-state index in [1.54, 1.807) is 0 Å². The molecule has 5 rings (SSSR count). The Morgan fingerprint density at radius 2 is 1.97 bits per heavy atom. The van der Waals surface area contributed by atoms with Crippen LogP contribution < -0.4 is 15.5 Å². The molecule has 36 heavy (non-hydrogen) atoms. The van der Waals surface area contributed by atoms with Crippen molar-refractivity contribution in [3.63, 3.8) is 0 Å². The van der Waals surface area contributed by atoms with E-state index in [4.69, 9.17) is 19.4 Å². The highest BCUT2D eigenvalue weighted by Crippen LogP contribution is 2.35. The van der Waals surface area contributed by atoms with Gasteiger partial charge >= 0.3 is 6.03 Å². The van der Waals surface area contributed by atoms with Crippen LogP contribution in [0.4, 0.5) is 16.3 Å². The van der Waals surface area contributed by atoms with Gasteiger partial charge in [-0.25, -0.2) is 14.8 Å². The molecular weight excluding hydrogens is 456 g/mol. The summed E-state index contributed by atoms with van der Waals surface area (Å²) >= 11 is 0. The van der Waals surface area contributed by atoms with Gasteiger partial charge in [-0.3, -0.25) is 4.90 Å². The summed E-state index contributed by atoms with van der Waals surface area (Å²) in [5, 5.41) is 5.60. The van der Waals surface area contributed by atoms with Crippen LogP contribution in [0.5, 0.6) is 0 Å². The average molecular weight is 495 g/mol. The SMILES string of the molecule is CCNC(=O)Nc1ccc(-c2nc3c(c(N4CCOC[C@@H]4C)n2)CCN([C@H]2COC(C)(C)C2)C3)cc1. The first-order valence-electron chi connectivity index (χ1n) is 13.1. The van der Waals surface area contributed by atoms with E-state index in [0.717, 1.165) is 67.7 Å². The largest absolute Gasteiger partial charge is 0.377 e. The maximum Gasteiger partial charge on any atom is 0.319 e. The number of fused-ring (bicyclic) bond motifs is 1. The van der Waals surface area contributed by atoms with Gasteiger partial charge in [0.1, 0.15) is 5.82 Å². The number of aromatic nitrogens is 2. The third kappa shape index (κ3) is 5.33. The van der Waals surface area contributed by atoms with E-state index in [1.165, 1.54) is 5.56 Å². The van der Waals surface area contributed by atoms with Gasteiger partial charge < -0.3 is 25.0 Å². The highest BCUT2D eigenvalue weighted by molar-refractivity contribution is 5.89. The van der Waals surface area contributed by atoms with Crippen molar-refractivity contribution >= 4 is 17.5 Å². The summed E-state index contributed by atoms with van der Waals surface area (Å²) in [4.78, 5) is 27.0. The molecule has 3 aliphatic rings. The number of ether oxygens (including phenoxy) is 2. The molecule has 2 amide bonds. The van der Waals surface area contributed by atoms with Crippen LogP contribution in [0.15, 0.2) is 24.3 Å². The zero-order chi connectivity index (χ0) is 25.3. The van der Waals surface area contributed by atoms with Crippen molar-refractivity contribution in [3.05, 3.63) is 35.5 Å². The van der Waals surface area contributed by atoms with Gasteiger partial charge in [-0.1, -0.05) is 0 Å². The number of carbonyl (C=O) groups is 1. The zero-order valence-electron chi connectivity index (χ0n) is 21.8. The lowest BCUT2D eigenvalue weighted by molar-refractivity contribution is 0.0323. The predicted molar refractivity (Wildman–Crippen MR) is 140 cm³/mol. The Labute approximate surface area is 213 Å². The van der Waals surface area contributed by atoms with Crippen LogP contribution in [-0.2, 0) is 22.4 Å². The molecule has 0 spiro atoms. The Morgan fingerprint density at radius 3 is 2.67 bits per heavy atom. The first kappa shape index (κ1) is 24.9. The fourth-order valence-electron chi connectivity index (χ4n) is 5.43. The average Bonchev–Trinajstić information content (AvgIpc) is 3.23. The Balaban J connectivity index is 1.46. The van der Waals surface area contributed by atoms with Gasteiger partial charge in [0.2, 0.25) is 0 Å². The van der Waals surface area contributed by atoms with E-state index in [-0.39, 0.29) is 17.7 Å². The number of morpholine rings is 1. The van der Waals surface area contributed by atoms with Crippen molar-refractivity contribution in [2.45, 2.75) is 64.8 Å². The Bertz CT molecular complexity index is 1090. The van der Waals surface area contributed by atoms with Crippen LogP contribution in [0.25, 0.3) is 11.4 Å². The molecule has 3 aliphatic heterocycles. The maximum absolute atomic E-state index is 11.9. The topological polar surface area (TPSA) is 91.9 Å². The molecule has 0 bridgehead atoms. The Morgan fingerprint density at radius 1 is 1.17 bits per heavy atom. The monoisotopic (exact) mass is 494 g/mol. The summed E-state index contributed by atoms with van der Waals surface area (Å²) in [6, 6.07) is 8.21. The molecule has 0 radical (unpaired) electrons. The number of urea groups is 1. The second kappa shape index (κ2) is 10.3. The molecule has 2 saturated heterocycles. The smallest absolute Gasteiger partial charge is 0.319 e. The van der Waals surface area contributed by atoms with Gasteiger partial charge in [-0.05, 0) is 64.8 Å². The van der Waals surface area contributed by atoms with Gasteiger partial charge in [0.05, 0.1) is 37.2 Å². The summed E-state index contributed by atoms with van der Waals surface area (Å²) in [6.45, 7) is 13.8. The number of nitrogens with zero attached hydrogens (tertiary/aromatic N) is 4. The molecule has 9 nitrogen and oxygen atoms in total. The highest BCUT2D eigenvalue weighted by atomic mass is 16.5. The van der Waals surface area contributed by atoms with Crippen LogP contribution in [0.3, 0.4) is 0 Å². The van der Waals surface area contributed by atoms with Gasteiger partial charge in [0, 0.05) is 49.0 Å². The third-order valence-corrected chi connectivity index (χ3v) is 7.36. The van der Waals surface area contributed by atoms with Crippen molar-refractivity contribution in [1.29, 1.82) is 0 Å². The van der Waals surface area contributed by atoms with Crippen molar-refractivity contribution in [2.75, 3.05) is 49.7 Å². The van der Waals surface area contributed by atoms with Crippen LogP contribution in [0.2, 0.25) is 0 Å². The number of benzene rings is 1. The van der Waals surface area contributed by atoms with Crippen LogP contribution in [0, 0.1) is 0 Å². The number of hydrogen-bond acceptors (Lipinski definition) is 7. The molecular formula is C27H38N6O3. The molecule has 1 aromatic heterocycles. The van der Waals surface area contributed by atoms with Gasteiger partial charge in [-0.15, -0.1) is 0 Å². The second-order valence-corrected chi connectivity index (χ2v) is 10.6. The standard InChI is InChI=1S/C27H38N6O3/c1-5-28-26(34)29-20-8-6-19(7-9-20)24-30-23-15-32(21-14-27(3,4)36-17-21)11-10-22(23)25(31-24)33-12-13-35-16-18(33)2/h6-9,18,21H,5,10-17H2,1-4H3,(H2,28,29,34)/t18-,21+/m0/s1. The molecule has 2 N–H and O–H groups in total. The van der Waals surface area contributed by atoms with Gasteiger partial charge in [0.25, 0.3) is 0 Å². The first-order chi connectivity index (χ1) is 17.3. The third-order valence-electron chi connectivity index (χ3n) is 7.36. The van der Waals surface area contributed by atoms with Crippen molar-refractivity contribution < 1.29 is 14.3 Å². The van der Waals surface area contributed by atoms with Crippen molar-refractivity contribution in [2.24, 2.45) is 0 Å². The minimum absolute atomic E-state index is 0.0695. The summed E-state index contributed by atoms with van der Waals surface area (Å²) in [5.41, 5.74) is 3.97. The minimum Gasteiger partial charge on any atom is -0.377 e. The van der Waals surface area contributed by atoms with E-state index < -0.39 is 0 Å².